The van der Waals surface area contributed by atoms with Gasteiger partial charge in [0.05, 0.1) is 13.2 Å². The second-order valence-electron chi connectivity index (χ2n) is 5.45. The van der Waals surface area contributed by atoms with Crippen molar-refractivity contribution in [2.75, 3.05) is 19.8 Å². The van der Waals surface area contributed by atoms with Crippen LogP contribution >= 0.6 is 0 Å². The van der Waals surface area contributed by atoms with Gasteiger partial charge in [0.2, 0.25) is 5.91 Å². The zero-order valence-electron chi connectivity index (χ0n) is 14.9. The van der Waals surface area contributed by atoms with Crippen molar-refractivity contribution in [3.63, 3.8) is 0 Å². The van der Waals surface area contributed by atoms with Crippen LogP contribution < -0.4 is 14.8 Å². The summed E-state index contributed by atoms with van der Waals surface area (Å²) < 4.78 is 12.4. The molecular weight excluding hydrogens is 338 g/mol. The van der Waals surface area contributed by atoms with Crippen LogP contribution in [0.1, 0.15) is 29.9 Å². The van der Waals surface area contributed by atoms with Crippen LogP contribution in [0.4, 0.5) is 0 Å². The van der Waals surface area contributed by atoms with Gasteiger partial charge in [-0.15, -0.1) is 0 Å². The van der Waals surface area contributed by atoms with Gasteiger partial charge >= 0.3 is 5.97 Å². The van der Waals surface area contributed by atoms with Crippen molar-refractivity contribution < 1.29 is 24.2 Å². The van der Waals surface area contributed by atoms with Crippen molar-refractivity contribution in [3.8, 4) is 11.5 Å². The van der Waals surface area contributed by atoms with Crippen LogP contribution in [-0.4, -0.2) is 46.5 Å². The summed E-state index contributed by atoms with van der Waals surface area (Å²) in [6, 6.07) is 7.06. The number of carbonyl (C=O) groups is 2. The number of ether oxygens (including phenoxy) is 2. The molecule has 0 aliphatic rings. The summed E-state index contributed by atoms with van der Waals surface area (Å²) in [4.78, 5) is 22.7. The number of rotatable bonds is 10. The van der Waals surface area contributed by atoms with Crippen LogP contribution in [0.25, 0.3) is 0 Å². The number of benzene rings is 1. The van der Waals surface area contributed by atoms with Crippen LogP contribution in [0.15, 0.2) is 30.5 Å². The van der Waals surface area contributed by atoms with Crippen LogP contribution in [0.5, 0.6) is 11.5 Å². The Morgan fingerprint density at radius 3 is 2.54 bits per heavy atom. The number of hydrogen-bond acceptors (Lipinski definition) is 5. The van der Waals surface area contributed by atoms with Gasteiger partial charge in [-0.3, -0.25) is 9.48 Å². The molecule has 0 saturated heterocycles. The lowest BCUT2D eigenvalue weighted by Gasteiger charge is -2.12. The van der Waals surface area contributed by atoms with Crippen LogP contribution in [0.2, 0.25) is 0 Å². The van der Waals surface area contributed by atoms with Crippen molar-refractivity contribution in [3.05, 3.63) is 41.7 Å². The van der Waals surface area contributed by atoms with Crippen LogP contribution in [-0.2, 0) is 17.8 Å². The topological polar surface area (TPSA) is 103 Å². The van der Waals surface area contributed by atoms with E-state index in [0.717, 1.165) is 5.56 Å². The molecule has 0 aliphatic heterocycles. The molecule has 2 N–H and O–H groups in total. The standard InChI is InChI=1S/C18H23N3O5/c1-3-25-15-6-5-13(11-16(15)26-4-2)7-9-19-17(22)12-21-10-8-14(20-21)18(23)24/h5-6,8,10-11H,3-4,7,9,12H2,1-2H3,(H,19,22)(H,23,24). The van der Waals surface area contributed by atoms with Gasteiger partial charge in [0.15, 0.2) is 17.2 Å². The molecule has 0 fully saturated rings. The van der Waals surface area contributed by atoms with E-state index in [9.17, 15) is 9.59 Å². The van der Waals surface area contributed by atoms with Gasteiger partial charge in [-0.05, 0) is 44.0 Å². The van der Waals surface area contributed by atoms with E-state index < -0.39 is 5.97 Å². The number of nitrogens with zero attached hydrogens (tertiary/aromatic N) is 2. The van der Waals surface area contributed by atoms with Gasteiger partial charge in [-0.25, -0.2) is 4.79 Å². The summed E-state index contributed by atoms with van der Waals surface area (Å²) >= 11 is 0. The molecule has 0 aliphatic carbocycles. The van der Waals surface area contributed by atoms with Crippen molar-refractivity contribution in [1.82, 2.24) is 15.1 Å². The molecule has 0 bridgehead atoms. The number of hydrogen-bond donors (Lipinski definition) is 2. The zero-order chi connectivity index (χ0) is 18.9. The maximum absolute atomic E-state index is 11.9. The number of carbonyl (C=O) groups excluding carboxylic acids is 1. The number of carboxylic acids is 1. The third kappa shape index (κ3) is 5.51. The smallest absolute Gasteiger partial charge is 0.356 e. The Labute approximate surface area is 151 Å². The van der Waals surface area contributed by atoms with Crippen molar-refractivity contribution in [2.24, 2.45) is 0 Å². The summed E-state index contributed by atoms with van der Waals surface area (Å²) in [5, 5.41) is 15.4. The van der Waals surface area contributed by atoms with Gasteiger partial charge in [0, 0.05) is 12.7 Å². The SMILES string of the molecule is CCOc1ccc(CCNC(=O)Cn2ccc(C(=O)O)n2)cc1OCC. The predicted octanol–water partition coefficient (Wildman–Crippen LogP) is 1.74. The fraction of sp³-hybridized carbons (Fsp3) is 0.389. The van der Waals surface area contributed by atoms with Crippen molar-refractivity contribution >= 4 is 11.9 Å². The maximum atomic E-state index is 11.9. The average molecular weight is 361 g/mol. The Balaban J connectivity index is 1.85. The summed E-state index contributed by atoms with van der Waals surface area (Å²) in [6.45, 7) is 5.35. The molecule has 1 amide bonds. The lowest BCUT2D eigenvalue weighted by atomic mass is 10.1. The fourth-order valence-electron chi connectivity index (χ4n) is 2.36. The fourth-order valence-corrected chi connectivity index (χ4v) is 2.36. The molecule has 0 unspecified atom stereocenters. The Hall–Kier alpha value is -3.03. The summed E-state index contributed by atoms with van der Waals surface area (Å²) in [6.07, 6.45) is 2.10. The number of amides is 1. The van der Waals surface area contributed by atoms with Gasteiger partial charge < -0.3 is 19.9 Å². The lowest BCUT2D eigenvalue weighted by Crippen LogP contribution is -2.29. The van der Waals surface area contributed by atoms with Gasteiger partial charge in [-0.1, -0.05) is 6.07 Å². The molecule has 2 aromatic rings. The highest BCUT2D eigenvalue weighted by molar-refractivity contribution is 5.85. The molecule has 1 aromatic heterocycles. The zero-order valence-corrected chi connectivity index (χ0v) is 14.9. The van der Waals surface area contributed by atoms with Crippen molar-refractivity contribution in [1.29, 1.82) is 0 Å². The minimum atomic E-state index is -1.12. The molecule has 8 heteroatoms. The van der Waals surface area contributed by atoms with E-state index in [1.165, 1.54) is 16.9 Å². The second-order valence-corrected chi connectivity index (χ2v) is 5.45. The first-order valence-electron chi connectivity index (χ1n) is 8.45. The van der Waals surface area contributed by atoms with Crippen LogP contribution in [0, 0.1) is 0 Å². The largest absolute Gasteiger partial charge is 0.490 e. The van der Waals surface area contributed by atoms with Crippen LogP contribution in [0.3, 0.4) is 0 Å². The third-order valence-electron chi connectivity index (χ3n) is 3.51. The Morgan fingerprint density at radius 2 is 1.88 bits per heavy atom. The van der Waals surface area contributed by atoms with E-state index in [0.29, 0.717) is 37.7 Å². The first-order valence-corrected chi connectivity index (χ1v) is 8.45. The van der Waals surface area contributed by atoms with Gasteiger partial charge in [0.25, 0.3) is 0 Å². The molecular formula is C18H23N3O5. The molecule has 1 aromatic carbocycles. The second kappa shape index (κ2) is 9.45. The van der Waals surface area contributed by atoms with Crippen molar-refractivity contribution in [2.45, 2.75) is 26.8 Å². The molecule has 140 valence electrons. The van der Waals surface area contributed by atoms with Gasteiger partial charge in [0.1, 0.15) is 6.54 Å². The third-order valence-corrected chi connectivity index (χ3v) is 3.51. The van der Waals surface area contributed by atoms with E-state index in [-0.39, 0.29) is 18.1 Å². The normalized spacial score (nSPS) is 10.4. The average Bonchev–Trinajstić information content (AvgIpc) is 3.06. The monoisotopic (exact) mass is 361 g/mol. The number of nitrogens with one attached hydrogen (secondary N) is 1. The molecule has 0 radical (unpaired) electrons. The number of aromatic carboxylic acids is 1. The number of carboxylic acid groups (broad SMARTS) is 1. The summed E-state index contributed by atoms with van der Waals surface area (Å²) in [5.74, 6) is 0.0386. The quantitative estimate of drug-likeness (QED) is 0.668. The van der Waals surface area contributed by atoms with E-state index in [4.69, 9.17) is 14.6 Å². The Bertz CT molecular complexity index is 757. The molecule has 26 heavy (non-hydrogen) atoms. The minimum absolute atomic E-state index is 0.0270. The van der Waals surface area contributed by atoms with E-state index in [2.05, 4.69) is 10.4 Å². The highest BCUT2D eigenvalue weighted by Gasteiger charge is 2.10. The van der Waals surface area contributed by atoms with E-state index >= 15 is 0 Å². The lowest BCUT2D eigenvalue weighted by molar-refractivity contribution is -0.121. The molecule has 1 heterocycles. The van der Waals surface area contributed by atoms with E-state index in [1.54, 1.807) is 0 Å². The highest BCUT2D eigenvalue weighted by Crippen LogP contribution is 2.28. The molecule has 0 atom stereocenters. The summed E-state index contributed by atoms with van der Waals surface area (Å²) in [5.41, 5.74) is 0.931. The predicted molar refractivity (Wildman–Crippen MR) is 94.7 cm³/mol. The van der Waals surface area contributed by atoms with Gasteiger partial charge in [-0.2, -0.15) is 5.10 Å². The summed E-state index contributed by atoms with van der Waals surface area (Å²) in [7, 11) is 0. The maximum Gasteiger partial charge on any atom is 0.356 e. The highest BCUT2D eigenvalue weighted by atomic mass is 16.5. The first kappa shape index (κ1) is 19.3. The molecule has 8 nitrogen and oxygen atoms in total. The molecule has 2 rings (SSSR count). The minimum Gasteiger partial charge on any atom is -0.490 e. The number of aromatic nitrogens is 2. The first-order chi connectivity index (χ1) is 12.5. The van der Waals surface area contributed by atoms with E-state index in [1.807, 2.05) is 32.0 Å². The Kier molecular flexibility index (Phi) is 7.02. The molecule has 0 saturated carbocycles. The Morgan fingerprint density at radius 1 is 1.15 bits per heavy atom. The molecule has 0 spiro atoms.